The quantitative estimate of drug-likeness (QED) is 0.318. The number of nitrogens with zero attached hydrogens (tertiary/aromatic N) is 4. The third-order valence-corrected chi connectivity index (χ3v) is 7.73. The highest BCUT2D eigenvalue weighted by Gasteiger charge is 2.35. The van der Waals surface area contributed by atoms with Gasteiger partial charge < -0.3 is 14.1 Å². The first-order valence-electron chi connectivity index (χ1n) is 11.6. The lowest BCUT2D eigenvalue weighted by Gasteiger charge is -2.35. The molecule has 11 heteroatoms. The van der Waals surface area contributed by atoms with Crippen molar-refractivity contribution in [3.05, 3.63) is 56.1 Å². The van der Waals surface area contributed by atoms with Crippen LogP contribution in [0.3, 0.4) is 0 Å². The minimum absolute atomic E-state index is 0.0116. The van der Waals surface area contributed by atoms with E-state index in [2.05, 4.69) is 0 Å². The molecular formula is C25H26N4O5S2. The second-order valence-electron chi connectivity index (χ2n) is 8.60. The summed E-state index contributed by atoms with van der Waals surface area (Å²) in [7, 11) is 1.60. The van der Waals surface area contributed by atoms with Gasteiger partial charge in [-0.15, -0.1) is 0 Å². The number of hydrogen-bond acceptors (Lipinski definition) is 9. The average molecular weight is 527 g/mol. The molecule has 2 fully saturated rings. The predicted molar refractivity (Wildman–Crippen MR) is 140 cm³/mol. The van der Waals surface area contributed by atoms with Gasteiger partial charge >= 0.3 is 5.97 Å². The SMILES string of the molecule is CCOC(=O)C1CCCN(c2c(/C=C3\SC(=S)N(Cc4ccco4)C3=O)c(C)c(C#N)c(=O)n2C)C1. The van der Waals surface area contributed by atoms with Crippen molar-refractivity contribution in [2.45, 2.75) is 33.2 Å². The second kappa shape index (κ2) is 10.7. The predicted octanol–water partition coefficient (Wildman–Crippen LogP) is 3.34. The summed E-state index contributed by atoms with van der Waals surface area (Å²) in [4.78, 5) is 42.6. The molecule has 0 aliphatic carbocycles. The topological polar surface area (TPSA) is 109 Å². The monoisotopic (exact) mass is 526 g/mol. The third-order valence-electron chi connectivity index (χ3n) is 6.35. The number of thiocarbonyl (C=S) groups is 1. The molecule has 2 saturated heterocycles. The Bertz CT molecular complexity index is 1340. The zero-order valence-corrected chi connectivity index (χ0v) is 21.9. The summed E-state index contributed by atoms with van der Waals surface area (Å²) in [6, 6.07) is 5.52. The molecule has 2 aromatic rings. The number of nitriles is 1. The van der Waals surface area contributed by atoms with Crippen molar-refractivity contribution < 1.29 is 18.7 Å². The molecule has 2 aliphatic rings. The first-order chi connectivity index (χ1) is 17.3. The van der Waals surface area contributed by atoms with Crippen LogP contribution < -0.4 is 10.5 Å². The van der Waals surface area contributed by atoms with E-state index in [4.69, 9.17) is 21.4 Å². The number of anilines is 1. The summed E-state index contributed by atoms with van der Waals surface area (Å²) in [5.74, 6) is 0.294. The van der Waals surface area contributed by atoms with Crippen molar-refractivity contribution in [3.63, 3.8) is 0 Å². The number of hydrogen-bond donors (Lipinski definition) is 0. The summed E-state index contributed by atoms with van der Waals surface area (Å²) >= 11 is 6.62. The van der Waals surface area contributed by atoms with Crippen molar-refractivity contribution in [1.29, 1.82) is 5.26 Å². The molecule has 9 nitrogen and oxygen atoms in total. The van der Waals surface area contributed by atoms with E-state index in [1.807, 2.05) is 11.0 Å². The number of esters is 1. The fourth-order valence-electron chi connectivity index (χ4n) is 4.54. The number of carbonyl (C=O) groups excluding carboxylic acids is 2. The highest BCUT2D eigenvalue weighted by atomic mass is 32.2. The van der Waals surface area contributed by atoms with Crippen molar-refractivity contribution >= 4 is 52.1 Å². The number of amides is 1. The van der Waals surface area contributed by atoms with Crippen LogP contribution >= 0.6 is 24.0 Å². The molecule has 36 heavy (non-hydrogen) atoms. The number of ether oxygens (including phenoxy) is 1. The van der Waals surface area contributed by atoms with E-state index in [1.54, 1.807) is 39.1 Å². The first kappa shape index (κ1) is 25.7. The van der Waals surface area contributed by atoms with Crippen LogP contribution in [0.4, 0.5) is 5.82 Å². The zero-order valence-electron chi connectivity index (χ0n) is 20.3. The molecule has 0 spiro atoms. The Labute approximate surface area is 218 Å². The van der Waals surface area contributed by atoms with Gasteiger partial charge in [0.1, 0.15) is 27.5 Å². The van der Waals surface area contributed by atoms with Gasteiger partial charge in [-0.25, -0.2) is 0 Å². The summed E-state index contributed by atoms with van der Waals surface area (Å²) < 4.78 is 12.4. The van der Waals surface area contributed by atoms with Gasteiger partial charge in [0.05, 0.1) is 30.2 Å². The van der Waals surface area contributed by atoms with Gasteiger partial charge in [0, 0.05) is 25.7 Å². The maximum Gasteiger partial charge on any atom is 0.310 e. The summed E-state index contributed by atoms with van der Waals surface area (Å²) in [5, 5.41) is 9.69. The Morgan fingerprint density at radius 1 is 1.42 bits per heavy atom. The molecule has 188 valence electrons. The van der Waals surface area contributed by atoms with E-state index < -0.39 is 5.56 Å². The van der Waals surface area contributed by atoms with E-state index in [0.29, 0.717) is 58.0 Å². The van der Waals surface area contributed by atoms with Crippen molar-refractivity contribution in [1.82, 2.24) is 9.47 Å². The smallest absolute Gasteiger partial charge is 0.310 e. The molecular weight excluding hydrogens is 500 g/mol. The van der Waals surface area contributed by atoms with Gasteiger partial charge in [-0.05, 0) is 50.5 Å². The minimum atomic E-state index is -0.425. The molecule has 0 aromatic carbocycles. The number of thioether (sulfide) groups is 1. The molecule has 1 atom stereocenters. The summed E-state index contributed by atoms with van der Waals surface area (Å²) in [6.45, 7) is 4.98. The average Bonchev–Trinajstić information content (AvgIpc) is 3.47. The van der Waals surface area contributed by atoms with Crippen molar-refractivity contribution in [3.8, 4) is 6.07 Å². The number of carbonyl (C=O) groups is 2. The molecule has 1 unspecified atom stereocenters. The van der Waals surface area contributed by atoms with Crippen LogP contribution in [-0.2, 0) is 27.9 Å². The lowest BCUT2D eigenvalue weighted by Crippen LogP contribution is -2.42. The number of pyridine rings is 1. The number of aromatic nitrogens is 1. The number of piperidine rings is 1. The van der Waals surface area contributed by atoms with Gasteiger partial charge in [0.25, 0.3) is 11.5 Å². The van der Waals surface area contributed by atoms with Gasteiger partial charge in [0.15, 0.2) is 0 Å². The normalized spacial score (nSPS) is 19.2. The van der Waals surface area contributed by atoms with Crippen LogP contribution in [-0.4, -0.2) is 45.4 Å². The van der Waals surface area contributed by atoms with Crippen LogP contribution in [0.1, 0.15) is 42.2 Å². The molecule has 0 saturated carbocycles. The number of rotatable bonds is 6. The lowest BCUT2D eigenvalue weighted by atomic mass is 9.96. The van der Waals surface area contributed by atoms with Crippen LogP contribution in [0.2, 0.25) is 0 Å². The number of furan rings is 1. The molecule has 4 heterocycles. The van der Waals surface area contributed by atoms with E-state index in [1.165, 1.54) is 15.7 Å². The van der Waals surface area contributed by atoms with Crippen LogP contribution in [0.5, 0.6) is 0 Å². The van der Waals surface area contributed by atoms with Gasteiger partial charge in [-0.1, -0.05) is 24.0 Å². The van der Waals surface area contributed by atoms with Crippen molar-refractivity contribution in [2.75, 3.05) is 24.6 Å². The summed E-state index contributed by atoms with van der Waals surface area (Å²) in [5.41, 5.74) is 0.644. The maximum absolute atomic E-state index is 13.3. The Morgan fingerprint density at radius 2 is 2.19 bits per heavy atom. The zero-order chi connectivity index (χ0) is 26.0. The van der Waals surface area contributed by atoms with E-state index in [0.717, 1.165) is 18.2 Å². The van der Waals surface area contributed by atoms with Crippen LogP contribution in [0.25, 0.3) is 6.08 Å². The van der Waals surface area contributed by atoms with Crippen LogP contribution in [0, 0.1) is 24.2 Å². The molecule has 2 aliphatic heterocycles. The fraction of sp³-hybridized carbons (Fsp3) is 0.400. The maximum atomic E-state index is 13.3. The third kappa shape index (κ3) is 4.83. The largest absolute Gasteiger partial charge is 0.467 e. The lowest BCUT2D eigenvalue weighted by molar-refractivity contribution is -0.148. The van der Waals surface area contributed by atoms with Gasteiger partial charge in [0.2, 0.25) is 0 Å². The molecule has 1 amide bonds. The summed E-state index contributed by atoms with van der Waals surface area (Å²) in [6.07, 6.45) is 4.66. The Balaban J connectivity index is 1.77. The highest BCUT2D eigenvalue weighted by Crippen LogP contribution is 2.37. The Kier molecular flexibility index (Phi) is 7.66. The van der Waals surface area contributed by atoms with Crippen LogP contribution in [0.15, 0.2) is 32.5 Å². The van der Waals surface area contributed by atoms with E-state index in [9.17, 15) is 19.6 Å². The van der Waals surface area contributed by atoms with Crippen molar-refractivity contribution in [2.24, 2.45) is 13.0 Å². The minimum Gasteiger partial charge on any atom is -0.467 e. The molecule has 0 N–H and O–H groups in total. The highest BCUT2D eigenvalue weighted by molar-refractivity contribution is 8.26. The van der Waals surface area contributed by atoms with Gasteiger partial charge in [-0.3, -0.25) is 23.9 Å². The Morgan fingerprint density at radius 3 is 2.86 bits per heavy atom. The molecule has 0 radical (unpaired) electrons. The molecule has 0 bridgehead atoms. The Hall–Kier alpha value is -3.36. The van der Waals surface area contributed by atoms with E-state index in [-0.39, 0.29) is 29.9 Å². The molecule has 4 rings (SSSR count). The first-order valence-corrected chi connectivity index (χ1v) is 12.8. The standard InChI is InChI=1S/C25H26N4O5S2/c1-4-33-24(32)16-7-5-9-28(13-16)21-18(15(2)19(12-26)22(30)27(21)3)11-20-23(31)29(25(35)36-20)14-17-8-6-10-34-17/h6,8,10-11,16H,4-5,7,9,13-14H2,1-3H3/b20-11-. The van der Waals surface area contributed by atoms with Gasteiger partial charge in [-0.2, -0.15) is 5.26 Å². The second-order valence-corrected chi connectivity index (χ2v) is 10.3. The van der Waals surface area contributed by atoms with E-state index >= 15 is 0 Å². The molecule has 2 aromatic heterocycles. The fourth-order valence-corrected chi connectivity index (χ4v) is 5.78.